The number of alkyl halides is 6. The molecule has 4 aromatic rings. The Hall–Kier alpha value is -3.97. The number of hydrogen-bond acceptors (Lipinski definition) is 3. The fourth-order valence-electron chi connectivity index (χ4n) is 3.50. The highest BCUT2D eigenvalue weighted by Crippen LogP contribution is 2.36. The van der Waals surface area contributed by atoms with Gasteiger partial charge in [-0.3, -0.25) is 0 Å². The minimum atomic E-state index is -5.60. The molecule has 0 aliphatic heterocycles. The lowest BCUT2D eigenvalue weighted by Crippen LogP contribution is -2.46. The van der Waals surface area contributed by atoms with E-state index in [1.54, 1.807) is 25.1 Å². The van der Waals surface area contributed by atoms with Gasteiger partial charge in [-0.1, -0.05) is 42.3 Å². The lowest BCUT2D eigenvalue weighted by Gasteiger charge is -2.24. The maximum Gasteiger partial charge on any atom is 0.434 e. The van der Waals surface area contributed by atoms with E-state index in [0.29, 0.717) is 27.7 Å². The van der Waals surface area contributed by atoms with Crippen LogP contribution in [0.15, 0.2) is 72.8 Å². The Morgan fingerprint density at radius 2 is 1.47 bits per heavy atom. The van der Waals surface area contributed by atoms with Crippen LogP contribution < -0.4 is 4.74 Å². The van der Waals surface area contributed by atoms with E-state index >= 15 is 0 Å². The van der Waals surface area contributed by atoms with Gasteiger partial charge in [0.05, 0.1) is 11.0 Å². The predicted octanol–water partition coefficient (Wildman–Crippen LogP) is 6.09. The second-order valence-electron chi connectivity index (χ2n) is 8.11. The van der Waals surface area contributed by atoms with Gasteiger partial charge in [0, 0.05) is 5.56 Å². The maximum absolute atomic E-state index is 12.7. The van der Waals surface area contributed by atoms with Crippen molar-refractivity contribution >= 4 is 11.0 Å². The molecule has 4 rings (SSSR count). The first-order valence-corrected chi connectivity index (χ1v) is 10.5. The van der Waals surface area contributed by atoms with Crippen LogP contribution in [-0.2, 0) is 5.60 Å². The number of rotatable bonds is 4. The third kappa shape index (κ3) is 5.47. The number of nitrogens with zero attached hydrogens (tertiary/aromatic N) is 1. The topological polar surface area (TPSA) is 58.1 Å². The van der Waals surface area contributed by atoms with Gasteiger partial charge in [0.2, 0.25) is 0 Å². The van der Waals surface area contributed by atoms with E-state index in [4.69, 9.17) is 0 Å². The first-order chi connectivity index (χ1) is 16.8. The van der Waals surface area contributed by atoms with Gasteiger partial charge in [0.1, 0.15) is 11.4 Å². The van der Waals surface area contributed by atoms with E-state index in [9.17, 15) is 31.4 Å². The highest BCUT2D eigenvalue weighted by Gasteiger charge is 2.59. The highest BCUT2D eigenvalue weighted by molar-refractivity contribution is 5.77. The number of hydrogen-bond donors (Lipinski definition) is 2. The summed E-state index contributed by atoms with van der Waals surface area (Å²) in [6.07, 6.45) is -15.1. The van der Waals surface area contributed by atoms with E-state index in [-0.39, 0.29) is 5.82 Å². The van der Waals surface area contributed by atoms with Crippen molar-refractivity contribution in [3.63, 3.8) is 0 Å². The number of halogens is 6. The van der Waals surface area contributed by atoms with Crippen molar-refractivity contribution in [3.05, 3.63) is 95.3 Å². The second-order valence-corrected chi connectivity index (χ2v) is 8.11. The van der Waals surface area contributed by atoms with Gasteiger partial charge in [-0.15, -0.1) is 0 Å². The Labute approximate surface area is 201 Å². The summed E-state index contributed by atoms with van der Waals surface area (Å²) in [7, 11) is 0. The number of imidazole rings is 1. The van der Waals surface area contributed by atoms with Gasteiger partial charge in [0.25, 0.3) is 6.10 Å². The molecule has 0 aliphatic rings. The number of aliphatic hydroxyl groups is 1. The Bertz CT molecular complexity index is 1400. The van der Waals surface area contributed by atoms with Crippen LogP contribution in [0.2, 0.25) is 0 Å². The largest absolute Gasteiger partial charge is 0.471 e. The van der Waals surface area contributed by atoms with Crippen molar-refractivity contribution in [2.24, 2.45) is 0 Å². The van der Waals surface area contributed by atoms with Gasteiger partial charge in [-0.05, 0) is 60.4 Å². The quantitative estimate of drug-likeness (QED) is 0.261. The van der Waals surface area contributed by atoms with Crippen molar-refractivity contribution in [1.29, 1.82) is 0 Å². The number of fused-ring (bicyclic) bond motifs is 1. The zero-order valence-corrected chi connectivity index (χ0v) is 18.6. The van der Waals surface area contributed by atoms with E-state index in [0.717, 1.165) is 12.1 Å². The Balaban J connectivity index is 1.53. The van der Waals surface area contributed by atoms with Crippen molar-refractivity contribution < 1.29 is 36.2 Å². The molecule has 0 bridgehead atoms. The molecule has 186 valence electrons. The first kappa shape index (κ1) is 25.1. The van der Waals surface area contributed by atoms with E-state index in [2.05, 4.69) is 26.5 Å². The molecule has 0 saturated heterocycles. The monoisotopic (exact) mass is 504 g/mol. The lowest BCUT2D eigenvalue weighted by atomic mass is 9.88. The average Bonchev–Trinajstić information content (AvgIpc) is 3.23. The third-order valence-electron chi connectivity index (χ3n) is 5.41. The van der Waals surface area contributed by atoms with Crippen LogP contribution >= 0.6 is 0 Å². The van der Waals surface area contributed by atoms with Gasteiger partial charge in [0.15, 0.2) is 5.82 Å². The molecule has 1 atom stereocenters. The lowest BCUT2D eigenvalue weighted by molar-refractivity contribution is -0.299. The van der Waals surface area contributed by atoms with Crippen LogP contribution in [0.25, 0.3) is 11.0 Å². The Kier molecular flexibility index (Phi) is 6.45. The molecule has 36 heavy (non-hydrogen) atoms. The Morgan fingerprint density at radius 1 is 0.833 bits per heavy atom. The summed E-state index contributed by atoms with van der Waals surface area (Å²) in [5, 5.41) is 11.0. The van der Waals surface area contributed by atoms with Crippen molar-refractivity contribution in [1.82, 2.24) is 9.97 Å². The summed E-state index contributed by atoms with van der Waals surface area (Å²) in [5.74, 6) is 5.20. The van der Waals surface area contributed by atoms with Crippen molar-refractivity contribution in [2.75, 3.05) is 0 Å². The maximum atomic E-state index is 12.7. The fourth-order valence-corrected chi connectivity index (χ4v) is 3.50. The molecule has 1 unspecified atom stereocenters. The highest BCUT2D eigenvalue weighted by atomic mass is 19.4. The fraction of sp³-hybridized carbons (Fsp3) is 0.192. The minimum absolute atomic E-state index is 0.288. The van der Waals surface area contributed by atoms with E-state index < -0.39 is 29.8 Å². The molecular formula is C26H18F6N2O2. The molecule has 2 N–H and O–H groups in total. The number of benzene rings is 3. The molecular weight excluding hydrogens is 486 g/mol. The standard InChI is InChI=1S/C26H18F6N2O2/c1-24(35,17-5-3-2-4-6-17)18-10-13-20-21(15-18)34-22(33-20)14-9-16-7-11-19(12-8-16)36-23(25(27,28)29)26(30,31)32/h2-8,10-13,15,23,35H,1H3,(H,33,34). The summed E-state index contributed by atoms with van der Waals surface area (Å²) < 4.78 is 80.1. The summed E-state index contributed by atoms with van der Waals surface area (Å²) in [5.41, 5.74) is 1.66. The third-order valence-corrected chi connectivity index (χ3v) is 5.41. The molecule has 0 aliphatic carbocycles. The number of aromatic amines is 1. The molecule has 0 saturated carbocycles. The van der Waals surface area contributed by atoms with Gasteiger partial charge < -0.3 is 14.8 Å². The predicted molar refractivity (Wildman–Crippen MR) is 120 cm³/mol. The number of H-pyrrole nitrogens is 1. The molecule has 0 spiro atoms. The molecule has 4 nitrogen and oxygen atoms in total. The Morgan fingerprint density at radius 3 is 2.08 bits per heavy atom. The summed E-state index contributed by atoms with van der Waals surface area (Å²) in [4.78, 5) is 7.38. The molecule has 0 fully saturated rings. The smallest absolute Gasteiger partial charge is 0.434 e. The average molecular weight is 504 g/mol. The molecule has 10 heteroatoms. The van der Waals surface area contributed by atoms with Gasteiger partial charge >= 0.3 is 12.4 Å². The van der Waals surface area contributed by atoms with Crippen LogP contribution in [0.1, 0.15) is 29.4 Å². The molecule has 0 amide bonds. The molecule has 3 aromatic carbocycles. The van der Waals surface area contributed by atoms with Crippen LogP contribution in [0.3, 0.4) is 0 Å². The van der Waals surface area contributed by atoms with Crippen LogP contribution in [0.4, 0.5) is 26.3 Å². The first-order valence-electron chi connectivity index (χ1n) is 10.5. The van der Waals surface area contributed by atoms with E-state index in [1.807, 2.05) is 30.3 Å². The molecule has 0 radical (unpaired) electrons. The van der Waals surface area contributed by atoms with Gasteiger partial charge in [-0.25, -0.2) is 4.98 Å². The molecule has 1 aromatic heterocycles. The summed E-state index contributed by atoms with van der Waals surface area (Å²) in [6.45, 7) is 1.68. The van der Waals surface area contributed by atoms with Crippen LogP contribution in [0.5, 0.6) is 5.75 Å². The number of aromatic nitrogens is 2. The van der Waals surface area contributed by atoms with Crippen molar-refractivity contribution in [3.8, 4) is 17.6 Å². The van der Waals surface area contributed by atoms with Crippen LogP contribution in [0, 0.1) is 11.8 Å². The second kappa shape index (κ2) is 9.24. The zero-order valence-electron chi connectivity index (χ0n) is 18.6. The minimum Gasteiger partial charge on any atom is -0.471 e. The number of ether oxygens (including phenoxy) is 1. The zero-order chi connectivity index (χ0) is 26.1. The summed E-state index contributed by atoms with van der Waals surface area (Å²) in [6, 6.07) is 18.8. The van der Waals surface area contributed by atoms with Crippen LogP contribution in [-0.4, -0.2) is 33.5 Å². The van der Waals surface area contributed by atoms with Crippen molar-refractivity contribution in [2.45, 2.75) is 31.0 Å². The van der Waals surface area contributed by atoms with Gasteiger partial charge in [-0.2, -0.15) is 26.3 Å². The normalized spacial score (nSPS) is 13.8. The SMILES string of the molecule is CC(O)(c1ccccc1)c1ccc2nc(C#Cc3ccc(OC(C(F)(F)F)C(F)(F)F)cc3)[nH]c2c1. The number of nitrogens with one attached hydrogen (secondary N) is 1. The van der Waals surface area contributed by atoms with E-state index in [1.165, 1.54) is 12.1 Å². The summed E-state index contributed by atoms with van der Waals surface area (Å²) >= 11 is 0. The molecule has 1 heterocycles.